The number of methoxy groups -OCH3 is 1. The topological polar surface area (TPSA) is 66.8 Å². The summed E-state index contributed by atoms with van der Waals surface area (Å²) in [5, 5.41) is 11.1. The molecule has 1 aliphatic rings. The van der Waals surface area contributed by atoms with E-state index < -0.39 is 23.5 Å². The number of unbranched alkanes of at least 4 members (excludes halogenated alkanes) is 9. The number of aliphatic hydroxyl groups is 1. The molecule has 1 fully saturated rings. The maximum absolute atomic E-state index is 14.9. The molecule has 194 valence electrons. The molecule has 2 aromatic rings. The molecule has 1 saturated heterocycles. The summed E-state index contributed by atoms with van der Waals surface area (Å²) in [5.74, 6) is -1.72. The number of ether oxygens (including phenoxy) is 1. The van der Waals surface area contributed by atoms with Gasteiger partial charge in [-0.3, -0.25) is 9.59 Å². The van der Waals surface area contributed by atoms with Gasteiger partial charge in [0.15, 0.2) is 0 Å². The summed E-state index contributed by atoms with van der Waals surface area (Å²) in [7, 11) is 1.53. The first kappa shape index (κ1) is 27.4. The molecule has 0 aromatic heterocycles. The molecule has 6 heteroatoms. The van der Waals surface area contributed by atoms with Crippen LogP contribution in [0.4, 0.5) is 4.39 Å². The first-order chi connectivity index (χ1) is 17.5. The van der Waals surface area contributed by atoms with Gasteiger partial charge in [-0.05, 0) is 36.8 Å². The lowest BCUT2D eigenvalue weighted by molar-refractivity contribution is -0.140. The van der Waals surface area contributed by atoms with Crippen molar-refractivity contribution in [3.05, 3.63) is 71.0 Å². The Morgan fingerprint density at radius 3 is 2.06 bits per heavy atom. The van der Waals surface area contributed by atoms with E-state index in [2.05, 4.69) is 6.92 Å². The van der Waals surface area contributed by atoms with Crippen LogP contribution in [0.2, 0.25) is 0 Å². The van der Waals surface area contributed by atoms with E-state index >= 15 is 0 Å². The number of Topliss-reactive ketones (excluding diaryl/α,β-unsaturated/α-hetero) is 1. The summed E-state index contributed by atoms with van der Waals surface area (Å²) in [6.07, 6.45) is 11.5. The second kappa shape index (κ2) is 13.8. The van der Waals surface area contributed by atoms with Crippen molar-refractivity contribution in [2.24, 2.45) is 0 Å². The highest BCUT2D eigenvalue weighted by molar-refractivity contribution is 6.46. The largest absolute Gasteiger partial charge is 0.507 e. The molecule has 0 aliphatic carbocycles. The fraction of sp³-hybridized carbons (Fsp3) is 0.467. The van der Waals surface area contributed by atoms with Crippen molar-refractivity contribution >= 4 is 17.4 Å². The Morgan fingerprint density at radius 2 is 1.47 bits per heavy atom. The average molecular weight is 496 g/mol. The summed E-state index contributed by atoms with van der Waals surface area (Å²) in [4.78, 5) is 27.5. The van der Waals surface area contributed by atoms with Crippen LogP contribution < -0.4 is 4.74 Å². The molecule has 0 unspecified atom stereocenters. The SMILES string of the molecule is CCCCCCCCCCCCN1C(=O)C(=O)C(=C(O)c2ccc(OC)cc2)[C@H]1c1ccccc1F. The van der Waals surface area contributed by atoms with Crippen LogP contribution in [0.15, 0.2) is 54.1 Å². The molecule has 2 aromatic carbocycles. The zero-order valence-corrected chi connectivity index (χ0v) is 21.5. The molecular weight excluding hydrogens is 457 g/mol. The molecule has 1 heterocycles. The first-order valence-corrected chi connectivity index (χ1v) is 13.2. The number of hydrogen-bond donors (Lipinski definition) is 1. The molecule has 0 spiro atoms. The van der Waals surface area contributed by atoms with Crippen molar-refractivity contribution in [2.45, 2.75) is 77.2 Å². The first-order valence-electron chi connectivity index (χ1n) is 13.2. The standard InChI is InChI=1S/C30H38FNO4/c1-3-4-5-6-7-8-9-10-11-14-21-32-27(24-15-12-13-16-25(24)31)26(29(34)30(32)35)28(33)22-17-19-23(36-2)20-18-22/h12-13,15-20,27,33H,3-11,14,21H2,1-2H3/t27-/m1/s1. The fourth-order valence-electron chi connectivity index (χ4n) is 4.80. The van der Waals surface area contributed by atoms with Gasteiger partial charge in [0.1, 0.15) is 17.3 Å². The Labute approximate surface area is 214 Å². The molecule has 0 saturated carbocycles. The van der Waals surface area contributed by atoms with Crippen LogP contribution in [0.3, 0.4) is 0 Å². The summed E-state index contributed by atoms with van der Waals surface area (Å²) < 4.78 is 20.0. The van der Waals surface area contributed by atoms with E-state index in [0.29, 0.717) is 17.9 Å². The van der Waals surface area contributed by atoms with Crippen molar-refractivity contribution in [3.63, 3.8) is 0 Å². The minimum absolute atomic E-state index is 0.0812. The highest BCUT2D eigenvalue weighted by Crippen LogP contribution is 2.40. The molecule has 0 bridgehead atoms. The van der Waals surface area contributed by atoms with Crippen LogP contribution in [-0.4, -0.2) is 35.4 Å². The number of hydrogen-bond acceptors (Lipinski definition) is 4. The fourth-order valence-corrected chi connectivity index (χ4v) is 4.80. The molecule has 1 amide bonds. The van der Waals surface area contributed by atoms with Gasteiger partial charge < -0.3 is 14.7 Å². The summed E-state index contributed by atoms with van der Waals surface area (Å²) in [6.45, 7) is 2.55. The second-order valence-electron chi connectivity index (χ2n) is 9.42. The van der Waals surface area contributed by atoms with Gasteiger partial charge in [0.2, 0.25) is 0 Å². The molecule has 1 aliphatic heterocycles. The molecule has 3 rings (SSSR count). The van der Waals surface area contributed by atoms with Crippen LogP contribution in [0.1, 0.15) is 88.3 Å². The lowest BCUT2D eigenvalue weighted by Crippen LogP contribution is -2.31. The van der Waals surface area contributed by atoms with E-state index in [1.54, 1.807) is 42.5 Å². The van der Waals surface area contributed by atoms with E-state index in [-0.39, 0.29) is 16.9 Å². The van der Waals surface area contributed by atoms with Gasteiger partial charge in [0, 0.05) is 17.7 Å². The number of carbonyl (C=O) groups excluding carboxylic acids is 2. The number of halogens is 1. The van der Waals surface area contributed by atoms with E-state index in [0.717, 1.165) is 25.7 Å². The maximum atomic E-state index is 14.9. The van der Waals surface area contributed by atoms with Gasteiger partial charge in [-0.1, -0.05) is 82.9 Å². The van der Waals surface area contributed by atoms with Crippen LogP contribution in [0, 0.1) is 5.82 Å². The predicted molar refractivity (Wildman–Crippen MR) is 140 cm³/mol. The summed E-state index contributed by atoms with van der Waals surface area (Å²) >= 11 is 0. The second-order valence-corrected chi connectivity index (χ2v) is 9.42. The third kappa shape index (κ3) is 6.74. The van der Waals surface area contributed by atoms with E-state index in [4.69, 9.17) is 4.74 Å². The Hall–Kier alpha value is -3.15. The minimum atomic E-state index is -0.966. The van der Waals surface area contributed by atoms with Gasteiger partial charge in [0.05, 0.1) is 18.7 Å². The lowest BCUT2D eigenvalue weighted by Gasteiger charge is -2.25. The molecule has 0 radical (unpaired) electrons. The normalized spacial score (nSPS) is 17.1. The van der Waals surface area contributed by atoms with E-state index in [9.17, 15) is 19.1 Å². The number of benzene rings is 2. The number of likely N-dealkylation sites (tertiary alicyclic amines) is 1. The van der Waals surface area contributed by atoms with Gasteiger partial charge in [-0.25, -0.2) is 4.39 Å². The molecule has 36 heavy (non-hydrogen) atoms. The smallest absolute Gasteiger partial charge is 0.295 e. The van der Waals surface area contributed by atoms with Crippen molar-refractivity contribution in [3.8, 4) is 5.75 Å². The van der Waals surface area contributed by atoms with Crippen molar-refractivity contribution in [2.75, 3.05) is 13.7 Å². The Kier molecular flexibility index (Phi) is 10.5. The van der Waals surface area contributed by atoms with Crippen LogP contribution in [0.25, 0.3) is 5.76 Å². The van der Waals surface area contributed by atoms with Gasteiger partial charge in [0.25, 0.3) is 11.7 Å². The van der Waals surface area contributed by atoms with Gasteiger partial charge in [-0.15, -0.1) is 0 Å². The number of ketones is 1. The molecule has 5 nitrogen and oxygen atoms in total. The van der Waals surface area contributed by atoms with E-state index in [1.165, 1.54) is 56.6 Å². The summed E-state index contributed by atoms with van der Waals surface area (Å²) in [6, 6.07) is 11.7. The number of nitrogens with zero attached hydrogens (tertiary/aromatic N) is 1. The Bertz CT molecular complexity index is 1050. The Balaban J connectivity index is 1.74. The van der Waals surface area contributed by atoms with Crippen LogP contribution in [-0.2, 0) is 9.59 Å². The predicted octanol–water partition coefficient (Wildman–Crippen LogP) is 7.18. The quantitative estimate of drug-likeness (QED) is 0.130. The Morgan fingerprint density at radius 1 is 0.889 bits per heavy atom. The van der Waals surface area contributed by atoms with Crippen LogP contribution >= 0.6 is 0 Å². The monoisotopic (exact) mass is 495 g/mol. The highest BCUT2D eigenvalue weighted by atomic mass is 19.1. The van der Waals surface area contributed by atoms with Crippen molar-refractivity contribution in [1.82, 2.24) is 4.90 Å². The zero-order chi connectivity index (χ0) is 25.9. The van der Waals surface area contributed by atoms with E-state index in [1.807, 2.05) is 0 Å². The molecule has 1 N–H and O–H groups in total. The third-order valence-corrected chi connectivity index (χ3v) is 6.86. The third-order valence-electron chi connectivity index (χ3n) is 6.86. The summed E-state index contributed by atoms with van der Waals surface area (Å²) in [5.41, 5.74) is 0.496. The van der Waals surface area contributed by atoms with Gasteiger partial charge in [-0.2, -0.15) is 0 Å². The number of carbonyl (C=O) groups is 2. The number of aliphatic hydroxyl groups excluding tert-OH is 1. The highest BCUT2D eigenvalue weighted by Gasteiger charge is 2.46. The average Bonchev–Trinajstić information content (AvgIpc) is 3.14. The van der Waals surface area contributed by atoms with Crippen molar-refractivity contribution < 1.29 is 23.8 Å². The number of rotatable bonds is 14. The van der Waals surface area contributed by atoms with Gasteiger partial charge >= 0.3 is 0 Å². The van der Waals surface area contributed by atoms with Crippen molar-refractivity contribution in [1.29, 1.82) is 0 Å². The molecule has 1 atom stereocenters. The van der Waals surface area contributed by atoms with Crippen LogP contribution in [0.5, 0.6) is 5.75 Å². The lowest BCUT2D eigenvalue weighted by atomic mass is 9.94. The zero-order valence-electron chi connectivity index (χ0n) is 21.5. The number of amides is 1. The molecular formula is C30H38FNO4. The maximum Gasteiger partial charge on any atom is 0.295 e. The minimum Gasteiger partial charge on any atom is -0.507 e.